The molecule has 0 saturated carbocycles. The van der Waals surface area contributed by atoms with E-state index in [4.69, 9.17) is 17.3 Å². The van der Waals surface area contributed by atoms with Gasteiger partial charge in [-0.25, -0.2) is 0 Å². The summed E-state index contributed by atoms with van der Waals surface area (Å²) in [4.78, 5) is 0. The van der Waals surface area contributed by atoms with E-state index in [0.29, 0.717) is 10.7 Å². The Hall–Kier alpha value is -0.470. The smallest absolute Gasteiger partial charge is 0.0555 e. The molecule has 0 aliphatic rings. The topological polar surface area (TPSA) is 26.0 Å². The molecule has 0 amide bonds. The third-order valence-electron chi connectivity index (χ3n) is 1.55. The van der Waals surface area contributed by atoms with Crippen LogP contribution in [0.15, 0.2) is 23.2 Å². The summed E-state index contributed by atoms with van der Waals surface area (Å²) >= 11 is 9.17. The molecule has 0 fully saturated rings. The molecular formula is C9H9BrClN. The first-order valence-corrected chi connectivity index (χ1v) is 4.60. The van der Waals surface area contributed by atoms with Gasteiger partial charge in [-0.2, -0.15) is 0 Å². The molecule has 2 N–H and O–H groups in total. The molecule has 0 spiro atoms. The Morgan fingerprint density at radius 3 is 2.67 bits per heavy atom. The number of halogens is 2. The standard InChI is InChI=1S/C9H9BrClN/c1-5(2)6-3-8(11)7(10)4-9(6)12/h3-4H,1,12H2,2H3. The number of benzene rings is 1. The molecule has 12 heavy (non-hydrogen) atoms. The molecule has 1 nitrogen and oxygen atoms in total. The van der Waals surface area contributed by atoms with Crippen LogP contribution in [0.5, 0.6) is 0 Å². The minimum absolute atomic E-state index is 0.655. The van der Waals surface area contributed by atoms with Crippen LogP contribution >= 0.6 is 27.5 Å². The summed E-state index contributed by atoms with van der Waals surface area (Å²) in [5.74, 6) is 0. The van der Waals surface area contributed by atoms with Crippen LogP contribution in [0.4, 0.5) is 5.69 Å². The highest BCUT2D eigenvalue weighted by Crippen LogP contribution is 2.30. The van der Waals surface area contributed by atoms with Gasteiger partial charge in [-0.15, -0.1) is 0 Å². The molecule has 1 aromatic carbocycles. The molecule has 0 aromatic heterocycles. The van der Waals surface area contributed by atoms with Crippen molar-refractivity contribution < 1.29 is 0 Å². The van der Waals surface area contributed by atoms with Crippen molar-refractivity contribution in [1.29, 1.82) is 0 Å². The van der Waals surface area contributed by atoms with Gasteiger partial charge >= 0.3 is 0 Å². The fraction of sp³-hybridized carbons (Fsp3) is 0.111. The summed E-state index contributed by atoms with van der Waals surface area (Å²) in [6.45, 7) is 5.70. The Bertz CT molecular complexity index is 334. The van der Waals surface area contributed by atoms with Crippen LogP contribution in [0.3, 0.4) is 0 Å². The third-order valence-corrected chi connectivity index (χ3v) is 2.75. The SMILES string of the molecule is C=C(C)c1cc(Cl)c(Br)cc1N. The zero-order valence-electron chi connectivity index (χ0n) is 6.70. The number of anilines is 1. The van der Waals surface area contributed by atoms with Crippen molar-refractivity contribution in [3.8, 4) is 0 Å². The number of nitrogens with two attached hydrogens (primary N) is 1. The molecule has 0 saturated heterocycles. The highest BCUT2D eigenvalue weighted by molar-refractivity contribution is 9.10. The van der Waals surface area contributed by atoms with Gasteiger partial charge in [0.2, 0.25) is 0 Å². The summed E-state index contributed by atoms with van der Waals surface area (Å²) in [7, 11) is 0. The maximum atomic E-state index is 5.89. The lowest BCUT2D eigenvalue weighted by Crippen LogP contribution is -1.91. The molecule has 0 aliphatic carbocycles. The lowest BCUT2D eigenvalue weighted by atomic mass is 10.1. The van der Waals surface area contributed by atoms with Crippen molar-refractivity contribution in [2.24, 2.45) is 0 Å². The van der Waals surface area contributed by atoms with Gasteiger partial charge in [-0.1, -0.05) is 18.2 Å². The zero-order valence-corrected chi connectivity index (χ0v) is 9.04. The van der Waals surface area contributed by atoms with E-state index in [1.165, 1.54) is 0 Å². The summed E-state index contributed by atoms with van der Waals surface area (Å²) in [6, 6.07) is 3.59. The first-order chi connectivity index (χ1) is 5.52. The van der Waals surface area contributed by atoms with Crippen molar-refractivity contribution in [3.05, 3.63) is 33.8 Å². The highest BCUT2D eigenvalue weighted by atomic mass is 79.9. The van der Waals surface area contributed by atoms with E-state index < -0.39 is 0 Å². The van der Waals surface area contributed by atoms with Crippen LogP contribution in [0.25, 0.3) is 5.57 Å². The molecule has 0 aliphatic heterocycles. The van der Waals surface area contributed by atoms with E-state index in [1.54, 1.807) is 6.07 Å². The third kappa shape index (κ3) is 1.82. The van der Waals surface area contributed by atoms with E-state index in [-0.39, 0.29) is 0 Å². The summed E-state index contributed by atoms with van der Waals surface area (Å²) < 4.78 is 0.812. The molecule has 1 rings (SSSR count). The molecule has 1 aromatic rings. The van der Waals surface area contributed by atoms with Crippen molar-refractivity contribution in [3.63, 3.8) is 0 Å². The van der Waals surface area contributed by atoms with Crippen LogP contribution in [-0.4, -0.2) is 0 Å². The summed E-state index contributed by atoms with van der Waals surface area (Å²) in [5.41, 5.74) is 8.26. The van der Waals surface area contributed by atoms with Gasteiger partial charge in [0, 0.05) is 15.7 Å². The van der Waals surface area contributed by atoms with Crippen molar-refractivity contribution in [2.75, 3.05) is 5.73 Å². The van der Waals surface area contributed by atoms with E-state index in [2.05, 4.69) is 22.5 Å². The van der Waals surface area contributed by atoms with Crippen LogP contribution in [-0.2, 0) is 0 Å². The van der Waals surface area contributed by atoms with Crippen LogP contribution in [0.1, 0.15) is 12.5 Å². The summed E-state index contributed by atoms with van der Waals surface area (Å²) in [5, 5.41) is 0.655. The Morgan fingerprint density at radius 1 is 1.58 bits per heavy atom. The Kier molecular flexibility index (Phi) is 2.80. The molecule has 0 bridgehead atoms. The minimum atomic E-state index is 0.655. The molecule has 3 heteroatoms. The lowest BCUT2D eigenvalue weighted by molar-refractivity contribution is 1.55. The van der Waals surface area contributed by atoms with Crippen LogP contribution in [0.2, 0.25) is 5.02 Å². The molecule has 0 atom stereocenters. The molecular weight excluding hydrogens is 237 g/mol. The normalized spacial score (nSPS) is 9.92. The first-order valence-electron chi connectivity index (χ1n) is 3.42. The Morgan fingerprint density at radius 2 is 2.17 bits per heavy atom. The second kappa shape index (κ2) is 3.50. The summed E-state index contributed by atoms with van der Waals surface area (Å²) in [6.07, 6.45) is 0. The van der Waals surface area contributed by atoms with Crippen LogP contribution in [0, 0.1) is 0 Å². The van der Waals surface area contributed by atoms with E-state index in [9.17, 15) is 0 Å². The number of allylic oxidation sites excluding steroid dienone is 1. The van der Waals surface area contributed by atoms with Gasteiger partial charge in [-0.05, 0) is 40.6 Å². The zero-order chi connectivity index (χ0) is 9.30. The second-order valence-corrected chi connectivity index (χ2v) is 3.90. The van der Waals surface area contributed by atoms with E-state index >= 15 is 0 Å². The quantitative estimate of drug-likeness (QED) is 0.751. The molecule has 0 heterocycles. The van der Waals surface area contributed by atoms with Gasteiger partial charge in [0.1, 0.15) is 0 Å². The average Bonchev–Trinajstić information content (AvgIpc) is 1.96. The maximum Gasteiger partial charge on any atom is 0.0555 e. The molecule has 64 valence electrons. The van der Waals surface area contributed by atoms with Gasteiger partial charge < -0.3 is 5.73 Å². The predicted octanol–water partition coefficient (Wildman–Crippen LogP) is 3.72. The van der Waals surface area contributed by atoms with Gasteiger partial charge in [0.25, 0.3) is 0 Å². The number of rotatable bonds is 1. The Labute approximate surface area is 85.3 Å². The first kappa shape index (κ1) is 9.62. The van der Waals surface area contributed by atoms with Crippen molar-refractivity contribution in [2.45, 2.75) is 6.92 Å². The lowest BCUT2D eigenvalue weighted by Gasteiger charge is -2.06. The largest absolute Gasteiger partial charge is 0.398 e. The monoisotopic (exact) mass is 245 g/mol. The molecule has 0 unspecified atom stereocenters. The maximum absolute atomic E-state index is 5.89. The van der Waals surface area contributed by atoms with Gasteiger partial charge in [0.15, 0.2) is 0 Å². The van der Waals surface area contributed by atoms with E-state index in [0.717, 1.165) is 15.6 Å². The predicted molar refractivity (Wildman–Crippen MR) is 58.3 cm³/mol. The Balaban J connectivity index is 3.33. The van der Waals surface area contributed by atoms with Crippen LogP contribution < -0.4 is 5.73 Å². The minimum Gasteiger partial charge on any atom is -0.398 e. The fourth-order valence-electron chi connectivity index (χ4n) is 0.932. The van der Waals surface area contributed by atoms with Crippen molar-refractivity contribution >= 4 is 38.8 Å². The molecule has 0 radical (unpaired) electrons. The number of nitrogen functional groups attached to an aromatic ring is 1. The van der Waals surface area contributed by atoms with Crippen molar-refractivity contribution in [1.82, 2.24) is 0 Å². The average molecular weight is 247 g/mol. The van der Waals surface area contributed by atoms with Gasteiger partial charge in [-0.3, -0.25) is 0 Å². The second-order valence-electron chi connectivity index (χ2n) is 2.63. The highest BCUT2D eigenvalue weighted by Gasteiger charge is 2.04. The number of hydrogen-bond acceptors (Lipinski definition) is 1. The number of hydrogen-bond donors (Lipinski definition) is 1. The fourth-order valence-corrected chi connectivity index (χ4v) is 1.46. The van der Waals surface area contributed by atoms with E-state index in [1.807, 2.05) is 13.0 Å². The van der Waals surface area contributed by atoms with Gasteiger partial charge in [0.05, 0.1) is 5.02 Å².